The monoisotopic (exact) mass is 284 g/mol. The van der Waals surface area contributed by atoms with Gasteiger partial charge in [-0.25, -0.2) is 0 Å². The summed E-state index contributed by atoms with van der Waals surface area (Å²) in [5.74, 6) is 0.894. The molecule has 0 radical (unpaired) electrons. The number of benzene rings is 1. The Bertz CT molecular complexity index is 519. The number of rotatable bonds is 5. The van der Waals surface area contributed by atoms with E-state index in [1.54, 1.807) is 0 Å². The van der Waals surface area contributed by atoms with Crippen molar-refractivity contribution in [3.8, 4) is 0 Å². The Morgan fingerprint density at radius 1 is 1.33 bits per heavy atom. The van der Waals surface area contributed by atoms with Gasteiger partial charge in [-0.1, -0.05) is 36.4 Å². The predicted octanol–water partition coefficient (Wildman–Crippen LogP) is 2.69. The summed E-state index contributed by atoms with van der Waals surface area (Å²) in [5, 5.41) is 3.13. The lowest BCUT2D eigenvalue weighted by molar-refractivity contribution is -0.122. The van der Waals surface area contributed by atoms with Crippen molar-refractivity contribution in [3.63, 3.8) is 0 Å². The lowest BCUT2D eigenvalue weighted by Gasteiger charge is -2.26. The maximum Gasteiger partial charge on any atom is 0.234 e. The molecule has 2 aliphatic rings. The second-order valence-corrected chi connectivity index (χ2v) is 6.27. The Hall–Kier alpha value is -1.61. The number of nitrogens with one attached hydrogen (secondary N) is 1. The quantitative estimate of drug-likeness (QED) is 0.901. The van der Waals surface area contributed by atoms with Crippen LogP contribution >= 0.6 is 0 Å². The summed E-state index contributed by atoms with van der Waals surface area (Å²) in [6, 6.07) is 10.9. The fourth-order valence-electron chi connectivity index (χ4n) is 2.99. The highest BCUT2D eigenvalue weighted by Crippen LogP contribution is 2.32. The Labute approximate surface area is 127 Å². The van der Waals surface area contributed by atoms with E-state index in [2.05, 4.69) is 47.5 Å². The van der Waals surface area contributed by atoms with Crippen LogP contribution < -0.4 is 5.32 Å². The van der Waals surface area contributed by atoms with Crippen molar-refractivity contribution >= 4 is 11.5 Å². The fraction of sp³-hybridized carbons (Fsp3) is 0.500. The Balaban J connectivity index is 1.48. The first kappa shape index (κ1) is 14.3. The van der Waals surface area contributed by atoms with Gasteiger partial charge in [0.1, 0.15) is 0 Å². The molecule has 1 saturated carbocycles. The zero-order valence-corrected chi connectivity index (χ0v) is 12.7. The lowest BCUT2D eigenvalue weighted by Crippen LogP contribution is -2.43. The maximum absolute atomic E-state index is 12.0. The largest absolute Gasteiger partial charge is 0.352 e. The highest BCUT2D eigenvalue weighted by molar-refractivity contribution is 5.78. The van der Waals surface area contributed by atoms with Crippen molar-refractivity contribution in [1.82, 2.24) is 10.2 Å². The van der Waals surface area contributed by atoms with Gasteiger partial charge in [-0.2, -0.15) is 0 Å². The first-order valence-electron chi connectivity index (χ1n) is 7.98. The molecular formula is C18H24N2O. The second kappa shape index (κ2) is 6.44. The van der Waals surface area contributed by atoms with Gasteiger partial charge in [0, 0.05) is 19.1 Å². The van der Waals surface area contributed by atoms with Crippen LogP contribution in [0.25, 0.3) is 5.57 Å². The smallest absolute Gasteiger partial charge is 0.234 e. The third kappa shape index (κ3) is 3.94. The minimum atomic E-state index is 0.172. The summed E-state index contributed by atoms with van der Waals surface area (Å²) in [6.45, 7) is 4.48. The second-order valence-electron chi connectivity index (χ2n) is 6.27. The van der Waals surface area contributed by atoms with Crippen LogP contribution in [0.2, 0.25) is 0 Å². The van der Waals surface area contributed by atoms with Crippen LogP contribution in [0.4, 0.5) is 0 Å². The summed E-state index contributed by atoms with van der Waals surface area (Å²) >= 11 is 0. The molecule has 0 bridgehead atoms. The van der Waals surface area contributed by atoms with Crippen LogP contribution in [0.1, 0.15) is 31.7 Å². The molecule has 1 atom stereocenters. The van der Waals surface area contributed by atoms with Crippen molar-refractivity contribution in [2.75, 3.05) is 19.6 Å². The van der Waals surface area contributed by atoms with E-state index in [-0.39, 0.29) is 5.91 Å². The molecule has 3 heteroatoms. The average molecular weight is 284 g/mol. The summed E-state index contributed by atoms with van der Waals surface area (Å²) in [4.78, 5) is 14.3. The summed E-state index contributed by atoms with van der Waals surface area (Å²) in [7, 11) is 0. The molecule has 1 heterocycles. The van der Waals surface area contributed by atoms with Crippen LogP contribution in [0.5, 0.6) is 0 Å². The Morgan fingerprint density at radius 3 is 2.71 bits per heavy atom. The van der Waals surface area contributed by atoms with Gasteiger partial charge >= 0.3 is 0 Å². The van der Waals surface area contributed by atoms with Gasteiger partial charge in [0.25, 0.3) is 0 Å². The molecule has 0 spiro atoms. The van der Waals surface area contributed by atoms with E-state index in [0.29, 0.717) is 12.6 Å². The zero-order valence-electron chi connectivity index (χ0n) is 12.7. The molecule has 21 heavy (non-hydrogen) atoms. The van der Waals surface area contributed by atoms with E-state index in [0.717, 1.165) is 25.4 Å². The minimum absolute atomic E-state index is 0.172. The number of hydrogen-bond donors (Lipinski definition) is 1. The number of amides is 1. The molecule has 1 amide bonds. The number of hydrogen-bond acceptors (Lipinski definition) is 2. The highest BCUT2D eigenvalue weighted by atomic mass is 16.2. The van der Waals surface area contributed by atoms with Crippen LogP contribution in [0.3, 0.4) is 0 Å². The molecule has 1 aliphatic heterocycles. The molecule has 0 saturated heterocycles. The maximum atomic E-state index is 12.0. The topological polar surface area (TPSA) is 32.3 Å². The van der Waals surface area contributed by atoms with Crippen LogP contribution in [0.15, 0.2) is 36.4 Å². The molecule has 3 rings (SSSR count). The zero-order chi connectivity index (χ0) is 14.7. The van der Waals surface area contributed by atoms with E-state index < -0.39 is 0 Å². The van der Waals surface area contributed by atoms with Crippen molar-refractivity contribution in [3.05, 3.63) is 42.0 Å². The van der Waals surface area contributed by atoms with Gasteiger partial charge in [-0.15, -0.1) is 0 Å². The standard InChI is InChI=1S/C18H24N2O/c1-14(15-7-8-15)19-18(21)13-20-11-9-17(10-12-20)16-5-3-2-4-6-16/h2-6,9,14-15H,7-8,10-13H2,1H3,(H,19,21)/t14-/m1/s1. The van der Waals surface area contributed by atoms with E-state index in [4.69, 9.17) is 0 Å². The van der Waals surface area contributed by atoms with Crippen molar-refractivity contribution in [1.29, 1.82) is 0 Å². The molecule has 1 aromatic carbocycles. The van der Waals surface area contributed by atoms with Gasteiger partial charge in [-0.3, -0.25) is 9.69 Å². The molecule has 1 fully saturated rings. The first-order valence-corrected chi connectivity index (χ1v) is 7.98. The van der Waals surface area contributed by atoms with E-state index >= 15 is 0 Å². The van der Waals surface area contributed by atoms with Crippen LogP contribution in [-0.4, -0.2) is 36.5 Å². The molecular weight excluding hydrogens is 260 g/mol. The molecule has 112 valence electrons. The number of nitrogens with zero attached hydrogens (tertiary/aromatic N) is 1. The van der Waals surface area contributed by atoms with E-state index in [1.807, 2.05) is 6.07 Å². The highest BCUT2D eigenvalue weighted by Gasteiger charge is 2.29. The fourth-order valence-corrected chi connectivity index (χ4v) is 2.99. The molecule has 3 nitrogen and oxygen atoms in total. The summed E-state index contributed by atoms with van der Waals surface area (Å²) < 4.78 is 0. The SMILES string of the molecule is C[C@@H](NC(=O)CN1CC=C(c2ccccc2)CC1)C1CC1. The van der Waals surface area contributed by atoms with Gasteiger partial charge < -0.3 is 5.32 Å². The molecule has 0 aromatic heterocycles. The van der Waals surface area contributed by atoms with E-state index in [9.17, 15) is 4.79 Å². The lowest BCUT2D eigenvalue weighted by atomic mass is 10.00. The van der Waals surface area contributed by atoms with Gasteiger partial charge in [0.15, 0.2) is 0 Å². The molecule has 1 N–H and O–H groups in total. The number of carbonyl (C=O) groups is 1. The third-order valence-corrected chi connectivity index (χ3v) is 4.52. The van der Waals surface area contributed by atoms with Crippen LogP contribution in [0, 0.1) is 5.92 Å². The van der Waals surface area contributed by atoms with Gasteiger partial charge in [0.05, 0.1) is 6.54 Å². The normalized spacial score (nSPS) is 20.7. The van der Waals surface area contributed by atoms with Gasteiger partial charge in [-0.05, 0) is 43.2 Å². The molecule has 1 aliphatic carbocycles. The van der Waals surface area contributed by atoms with Crippen molar-refractivity contribution in [2.45, 2.75) is 32.2 Å². The molecule has 1 aromatic rings. The minimum Gasteiger partial charge on any atom is -0.352 e. The third-order valence-electron chi connectivity index (χ3n) is 4.52. The summed E-state index contributed by atoms with van der Waals surface area (Å²) in [5.41, 5.74) is 2.71. The number of carbonyl (C=O) groups excluding carboxylic acids is 1. The first-order chi connectivity index (χ1) is 10.2. The average Bonchev–Trinajstić information content (AvgIpc) is 3.33. The molecule has 0 unspecified atom stereocenters. The Morgan fingerprint density at radius 2 is 2.10 bits per heavy atom. The van der Waals surface area contributed by atoms with Crippen molar-refractivity contribution in [2.24, 2.45) is 5.92 Å². The summed E-state index contributed by atoms with van der Waals surface area (Å²) in [6.07, 6.45) is 5.83. The Kier molecular flexibility index (Phi) is 4.39. The van der Waals surface area contributed by atoms with Crippen LogP contribution in [-0.2, 0) is 4.79 Å². The predicted molar refractivity (Wildman–Crippen MR) is 85.8 cm³/mol. The van der Waals surface area contributed by atoms with Crippen molar-refractivity contribution < 1.29 is 4.79 Å². The van der Waals surface area contributed by atoms with E-state index in [1.165, 1.54) is 24.0 Å². The van der Waals surface area contributed by atoms with Gasteiger partial charge in [0.2, 0.25) is 5.91 Å².